The zero-order valence-corrected chi connectivity index (χ0v) is 89.8. The minimum absolute atomic E-state index is 0.0147. The van der Waals surface area contributed by atoms with Crippen molar-refractivity contribution < 1.29 is 55.0 Å². The van der Waals surface area contributed by atoms with Crippen LogP contribution in [0.2, 0.25) is 0 Å². The molecule has 8 aromatic carbocycles. The van der Waals surface area contributed by atoms with E-state index in [1.165, 1.54) is 140 Å². The average Bonchev–Trinajstić information content (AvgIpc) is 0.795. The highest BCUT2D eigenvalue weighted by atomic mass is 32.2. The number of alkyl halides is 2. The van der Waals surface area contributed by atoms with Crippen molar-refractivity contribution in [2.24, 2.45) is 0 Å². The zero-order valence-electron chi connectivity index (χ0n) is 89.0. The number of hydrogen-bond donors (Lipinski definition) is 3. The first-order valence-corrected chi connectivity index (χ1v) is 55.5. The lowest BCUT2D eigenvalue weighted by atomic mass is 9.87. The lowest BCUT2D eigenvalue weighted by Crippen LogP contribution is -2.40. The Hall–Kier alpha value is -11.4. The molecule has 0 spiro atoms. The molecule has 8 aromatic rings. The summed E-state index contributed by atoms with van der Waals surface area (Å²) in [6, 6.07) is 70.1. The number of halogens is 2. The number of nitrogens with one attached hydrogen (secondary N) is 2. The number of benzene rings is 8. The fraction of sp³-hybridized carbons (Fsp3) is 0.496. The number of carbonyl (C=O) groups is 2. The van der Waals surface area contributed by atoms with Crippen LogP contribution in [0.3, 0.4) is 0 Å². The van der Waals surface area contributed by atoms with Crippen molar-refractivity contribution in [1.29, 1.82) is 0 Å². The van der Waals surface area contributed by atoms with Gasteiger partial charge in [0, 0.05) is 75.6 Å². The Kier molecular flexibility index (Phi) is 50.9. The summed E-state index contributed by atoms with van der Waals surface area (Å²) in [7, 11) is -3.40. The predicted molar refractivity (Wildman–Crippen MR) is 596 cm³/mol. The van der Waals surface area contributed by atoms with Gasteiger partial charge >= 0.3 is 12.2 Å². The summed E-state index contributed by atoms with van der Waals surface area (Å²) >= 11 is 0. The van der Waals surface area contributed by atoms with E-state index in [-0.39, 0.29) is 69.7 Å². The van der Waals surface area contributed by atoms with Gasteiger partial charge in [-0.2, -0.15) is 8.42 Å². The Labute approximate surface area is 886 Å². The minimum Gasteiger partial charge on any atom is -0.444 e. The number of amides is 2. The molecule has 1 aliphatic heterocycles. The van der Waals surface area contributed by atoms with Crippen molar-refractivity contribution in [1.82, 2.24) is 40.0 Å². The SMILES string of the molecule is C#CCN(C(=O)OC(C)(C)C)C1CCCc2ccccc21.C#CCN(CCF)C1CCCc2ccccc21.C#CCN(CCO)C1CCCc2ccccc21.C#CCN(CCOC1CCCCO1)C1CCCc2ccccc21.C#CCN(CCOS(C)(=O)=O)C1CCCc2ccccc21.C#CCN(CC[18F])C1CCCc2ccccc21.C#CCNC1CCCc2ccccc21.CC(C)(C)OC(=O)NC1CCCc2ccccc21. The van der Waals surface area contributed by atoms with Crippen molar-refractivity contribution in [3.63, 3.8) is 0 Å². The molecule has 0 aromatic heterocycles. The topological polar surface area (TPSA) is 178 Å². The molecule has 1 saturated heterocycles. The summed E-state index contributed by atoms with van der Waals surface area (Å²) in [5.41, 5.74) is 20.9. The molecular formula is C127H162F2N8O10S. The van der Waals surface area contributed by atoms with E-state index in [0.29, 0.717) is 102 Å². The van der Waals surface area contributed by atoms with Gasteiger partial charge in [-0.15, -0.1) is 45.0 Å². The van der Waals surface area contributed by atoms with Gasteiger partial charge in [0.25, 0.3) is 10.1 Å². The molecule has 3 N–H and O–H groups in total. The molecule has 9 unspecified atom stereocenters. The first-order valence-electron chi connectivity index (χ1n) is 53.7. The van der Waals surface area contributed by atoms with Crippen molar-refractivity contribution >= 4 is 22.3 Å². The van der Waals surface area contributed by atoms with E-state index < -0.39 is 21.3 Å². The van der Waals surface area contributed by atoms with Crippen LogP contribution in [-0.2, 0) is 84.6 Å². The smallest absolute Gasteiger partial charge is 0.411 e. The number of fused-ring (bicyclic) bond motifs is 8. The molecule has 17 rings (SSSR count). The molecule has 148 heavy (non-hydrogen) atoms. The van der Waals surface area contributed by atoms with E-state index in [4.69, 9.17) is 73.2 Å². The molecule has 9 aliphatic rings. The maximum Gasteiger partial charge on any atom is 0.411 e. The zero-order chi connectivity index (χ0) is 106. The molecule has 2 amide bonds. The quantitative estimate of drug-likeness (QED) is 0.0298. The number of alkyl carbamates (subject to hydrolysis) is 1. The van der Waals surface area contributed by atoms with Gasteiger partial charge in [0.05, 0.1) is 84.0 Å². The molecule has 1 heterocycles. The van der Waals surface area contributed by atoms with Crippen LogP contribution < -0.4 is 10.6 Å². The summed E-state index contributed by atoms with van der Waals surface area (Å²) in [5, 5.41) is 15.5. The molecular weight excluding hydrogens is 1870 g/mol. The lowest BCUT2D eigenvalue weighted by molar-refractivity contribution is -0.164. The van der Waals surface area contributed by atoms with Crippen LogP contribution in [-0.4, -0.2) is 197 Å². The van der Waals surface area contributed by atoms with Crippen LogP contribution in [0.1, 0.15) is 301 Å². The van der Waals surface area contributed by atoms with E-state index >= 15 is 0 Å². The summed E-state index contributed by atoms with van der Waals surface area (Å²) in [5.74, 6) is 18.7. The van der Waals surface area contributed by atoms with Crippen molar-refractivity contribution in [3.05, 3.63) is 283 Å². The number of terminal acetylenes is 7. The molecule has 21 heteroatoms. The Morgan fingerprint density at radius 2 is 0.669 bits per heavy atom. The number of carbonyl (C=O) groups excluding carboxylic acids is 2. The highest BCUT2D eigenvalue weighted by Crippen LogP contribution is 2.42. The molecule has 0 saturated carbocycles. The molecule has 0 bridgehead atoms. The average molecular weight is 2030 g/mol. The number of aliphatic hydroxyl groups excluding tert-OH is 1. The molecule has 790 valence electrons. The maximum absolute atomic E-state index is 12.6. The third-order valence-electron chi connectivity index (χ3n) is 28.5. The van der Waals surface area contributed by atoms with E-state index in [1.807, 2.05) is 65.8 Å². The summed E-state index contributed by atoms with van der Waals surface area (Å²) < 4.78 is 74.5. The Bertz CT molecular complexity index is 5630. The standard InChI is InChI=1S/C20H27NO2.C18H23NO2.C16H21NO3S.2C15H18FN.C15H21NO2.C15H19NO.C13H15N/c1-2-13-21(14-16-23-20-12-5-6-15-22-20)19-11-7-9-17-8-3-4-10-18(17)19;1-5-13-19(17(20)21-18(2,3)4)16-12-8-10-14-9-6-7-11-15(14)16;1-3-11-17(12-13-20-21(2,18)19)16-10-6-8-14-7-4-5-9-15(14)16;2*1-2-11-17(12-10-16)15-9-5-7-13-6-3-4-8-14(13)15;1-15(2,3)18-14(17)16-13-10-6-8-11-7-4-5-9-12(11)13;1-2-10-16(11-12-17)15-9-5-7-13-6-3-4-8-14(13)15;1-2-10-14-13-9-5-7-11-6-3-4-8-12(11)13/h1,3-4,8,10,19-20H,5-7,9,11-16H2;1,6-7,9,11,16H,8,10,12-13H2,2-4H3;1,4-5,7,9,16H,6,8,10-13H2,2H3;2*1,3-4,6,8,15H,5,7,9-12H2;4-5,7,9,13H,6,8,10H2,1-3H3,(H,16,17);1,3-4,6,8,15,17H,5,7,9-12H2;1,3-4,6,8,13-14H,5,7,9-10H2/i;;;16-1;;;;. The first-order chi connectivity index (χ1) is 71.8. The van der Waals surface area contributed by atoms with Crippen LogP contribution in [0.4, 0.5) is 18.4 Å². The van der Waals surface area contributed by atoms with E-state index in [0.717, 1.165) is 141 Å². The number of aryl methyl sites for hydroxylation is 8. The monoisotopic (exact) mass is 2030 g/mol. The molecule has 0 radical (unpaired) electrons. The third-order valence-corrected chi connectivity index (χ3v) is 29.1. The van der Waals surface area contributed by atoms with Gasteiger partial charge in [-0.25, -0.2) is 18.4 Å². The van der Waals surface area contributed by atoms with Crippen LogP contribution in [0.25, 0.3) is 0 Å². The molecule has 9 atom stereocenters. The summed E-state index contributed by atoms with van der Waals surface area (Å²) in [6.45, 7) is 19.1. The first kappa shape index (κ1) is 119. The van der Waals surface area contributed by atoms with Gasteiger partial charge in [0.15, 0.2) is 6.29 Å². The van der Waals surface area contributed by atoms with E-state index in [2.05, 4.69) is 246 Å². The number of ether oxygens (including phenoxy) is 4. The predicted octanol–water partition coefficient (Wildman–Crippen LogP) is 23.3. The normalized spacial score (nSPS) is 19.5. The largest absolute Gasteiger partial charge is 0.444 e. The molecule has 1 fully saturated rings. The van der Waals surface area contributed by atoms with Gasteiger partial charge < -0.3 is 29.4 Å². The number of hydrogen-bond acceptors (Lipinski definition) is 16. The van der Waals surface area contributed by atoms with Crippen molar-refractivity contribution in [2.45, 2.75) is 281 Å². The third kappa shape index (κ3) is 38.3. The summed E-state index contributed by atoms with van der Waals surface area (Å²) in [4.78, 5) is 36.8. The highest BCUT2D eigenvalue weighted by Gasteiger charge is 2.36. The van der Waals surface area contributed by atoms with Crippen molar-refractivity contribution in [2.75, 3.05) is 125 Å². The minimum atomic E-state index is -3.40. The second-order valence-corrected chi connectivity index (χ2v) is 42.8. The Balaban J connectivity index is 0.000000174. The van der Waals surface area contributed by atoms with Crippen LogP contribution in [0.15, 0.2) is 194 Å². The number of nitrogens with zero attached hydrogens (tertiary/aromatic N) is 6. The second-order valence-electron chi connectivity index (χ2n) is 41.1. The Morgan fingerprint density at radius 1 is 0.372 bits per heavy atom. The fourth-order valence-electron chi connectivity index (χ4n) is 21.9. The lowest BCUT2D eigenvalue weighted by Gasteiger charge is -2.35. The van der Waals surface area contributed by atoms with Gasteiger partial charge in [0.2, 0.25) is 0 Å². The Morgan fingerprint density at radius 3 is 0.986 bits per heavy atom. The second kappa shape index (κ2) is 63.6. The van der Waals surface area contributed by atoms with E-state index in [9.17, 15) is 26.8 Å². The van der Waals surface area contributed by atoms with Crippen LogP contribution >= 0.6 is 0 Å². The van der Waals surface area contributed by atoms with Gasteiger partial charge in [-0.05, 0) is 304 Å². The van der Waals surface area contributed by atoms with E-state index in [1.54, 1.807) is 4.90 Å². The fourth-order valence-corrected chi connectivity index (χ4v) is 22.3. The number of rotatable bonds is 29. The molecule has 8 aliphatic carbocycles. The number of aliphatic hydroxyl groups is 1. The summed E-state index contributed by atoms with van der Waals surface area (Å²) in [6.07, 6.45) is 68.7. The van der Waals surface area contributed by atoms with Crippen LogP contribution in [0.5, 0.6) is 0 Å². The van der Waals surface area contributed by atoms with Crippen LogP contribution in [0, 0.1) is 86.4 Å². The maximum atomic E-state index is 12.6. The van der Waals surface area contributed by atoms with Gasteiger partial charge in [-0.1, -0.05) is 236 Å². The highest BCUT2D eigenvalue weighted by molar-refractivity contribution is 7.86. The van der Waals surface area contributed by atoms with Crippen molar-refractivity contribution in [3.8, 4) is 86.4 Å². The van der Waals surface area contributed by atoms with Gasteiger partial charge in [-0.3, -0.25) is 38.9 Å². The van der Waals surface area contributed by atoms with Gasteiger partial charge in [0.1, 0.15) is 24.6 Å². The molecule has 18 nitrogen and oxygen atoms in total.